The molecule has 5 rings (SSSR count). The number of nitrogens with zero attached hydrogens (tertiary/aromatic N) is 4. The third kappa shape index (κ3) is 4.87. The Morgan fingerprint density at radius 2 is 1.88 bits per heavy atom. The molecule has 178 valence electrons. The number of piperidine rings is 1. The van der Waals surface area contributed by atoms with Gasteiger partial charge >= 0.3 is 0 Å². The lowest BCUT2D eigenvalue weighted by Gasteiger charge is -2.33. The third-order valence-electron chi connectivity index (χ3n) is 6.72. The van der Waals surface area contributed by atoms with Crippen LogP contribution in [0.25, 0.3) is 10.9 Å². The standard InChI is InChI=1S/C25H29ClN6O2/c1-27-23-13-19-21(14-28-23)29-15-30-24(19)31-17-6-7-22(20(26)12-17)34-18-8-10-32(11-9-18)25(33)16-4-2-3-5-16/h6-7,12-16,18H,2-5,8-11H2,1H3,(H,27,28)(H,29,30,31). The Labute approximate surface area is 204 Å². The molecule has 0 bridgehead atoms. The van der Waals surface area contributed by atoms with Crippen LogP contribution in [0.1, 0.15) is 38.5 Å². The van der Waals surface area contributed by atoms with Crippen molar-refractivity contribution in [3.8, 4) is 5.75 Å². The van der Waals surface area contributed by atoms with Gasteiger partial charge in [0.15, 0.2) is 0 Å². The minimum atomic E-state index is 0.0576. The molecule has 1 aliphatic carbocycles. The van der Waals surface area contributed by atoms with Gasteiger partial charge in [0.1, 0.15) is 29.8 Å². The van der Waals surface area contributed by atoms with E-state index >= 15 is 0 Å². The number of nitrogens with one attached hydrogen (secondary N) is 2. The Morgan fingerprint density at radius 1 is 1.09 bits per heavy atom. The van der Waals surface area contributed by atoms with Crippen LogP contribution in [-0.4, -0.2) is 52.0 Å². The van der Waals surface area contributed by atoms with E-state index in [-0.39, 0.29) is 12.0 Å². The fourth-order valence-corrected chi connectivity index (χ4v) is 5.04. The van der Waals surface area contributed by atoms with E-state index in [0.717, 1.165) is 61.2 Å². The second-order valence-electron chi connectivity index (χ2n) is 8.95. The molecule has 3 aromatic rings. The monoisotopic (exact) mass is 480 g/mol. The molecule has 8 nitrogen and oxygen atoms in total. The highest BCUT2D eigenvalue weighted by Crippen LogP contribution is 2.33. The van der Waals surface area contributed by atoms with Gasteiger partial charge in [0, 0.05) is 50.0 Å². The Kier molecular flexibility index (Phi) is 6.67. The van der Waals surface area contributed by atoms with Crippen molar-refractivity contribution in [3.63, 3.8) is 0 Å². The summed E-state index contributed by atoms with van der Waals surface area (Å²) < 4.78 is 6.21. The van der Waals surface area contributed by atoms with E-state index in [2.05, 4.69) is 25.6 Å². The molecule has 0 unspecified atom stereocenters. The second-order valence-corrected chi connectivity index (χ2v) is 9.36. The predicted octanol–water partition coefficient (Wildman–Crippen LogP) is 5.02. The fraction of sp³-hybridized carbons (Fsp3) is 0.440. The zero-order chi connectivity index (χ0) is 23.5. The zero-order valence-electron chi connectivity index (χ0n) is 19.3. The number of anilines is 3. The van der Waals surface area contributed by atoms with Gasteiger partial charge in [-0.3, -0.25) is 4.79 Å². The van der Waals surface area contributed by atoms with Crippen LogP contribution in [-0.2, 0) is 4.79 Å². The van der Waals surface area contributed by atoms with Gasteiger partial charge in [-0.15, -0.1) is 0 Å². The molecule has 2 fully saturated rings. The van der Waals surface area contributed by atoms with Gasteiger partial charge in [-0.05, 0) is 37.1 Å². The van der Waals surface area contributed by atoms with E-state index in [1.54, 1.807) is 6.20 Å². The van der Waals surface area contributed by atoms with Crippen LogP contribution in [0.5, 0.6) is 5.75 Å². The maximum absolute atomic E-state index is 12.7. The first-order valence-electron chi connectivity index (χ1n) is 11.9. The van der Waals surface area contributed by atoms with Crippen LogP contribution in [0.15, 0.2) is 36.8 Å². The van der Waals surface area contributed by atoms with Gasteiger partial charge < -0.3 is 20.3 Å². The van der Waals surface area contributed by atoms with Crippen molar-refractivity contribution in [2.45, 2.75) is 44.6 Å². The third-order valence-corrected chi connectivity index (χ3v) is 7.02. The summed E-state index contributed by atoms with van der Waals surface area (Å²) in [7, 11) is 1.82. The lowest BCUT2D eigenvalue weighted by molar-refractivity contribution is -0.137. The molecule has 2 aromatic heterocycles. The van der Waals surface area contributed by atoms with E-state index in [9.17, 15) is 4.79 Å². The number of hydrogen-bond acceptors (Lipinski definition) is 7. The van der Waals surface area contributed by atoms with Crippen LogP contribution < -0.4 is 15.4 Å². The predicted molar refractivity (Wildman–Crippen MR) is 134 cm³/mol. The topological polar surface area (TPSA) is 92.3 Å². The Morgan fingerprint density at radius 3 is 2.62 bits per heavy atom. The summed E-state index contributed by atoms with van der Waals surface area (Å²) >= 11 is 6.56. The number of carbonyl (C=O) groups excluding carboxylic acids is 1. The van der Waals surface area contributed by atoms with Crippen molar-refractivity contribution in [2.24, 2.45) is 5.92 Å². The SMILES string of the molecule is CNc1cc2c(Nc3ccc(OC4CCN(C(=O)C5CCCC5)CC4)c(Cl)c3)ncnc2cn1. The lowest BCUT2D eigenvalue weighted by atomic mass is 10.0. The van der Waals surface area contributed by atoms with Crippen molar-refractivity contribution in [1.29, 1.82) is 0 Å². The Bertz CT molecular complexity index is 1180. The molecule has 1 saturated heterocycles. The molecular formula is C25H29ClN6O2. The van der Waals surface area contributed by atoms with Gasteiger partial charge in [0.2, 0.25) is 5.91 Å². The number of hydrogen-bond donors (Lipinski definition) is 2. The smallest absolute Gasteiger partial charge is 0.225 e. The fourth-order valence-electron chi connectivity index (χ4n) is 4.81. The largest absolute Gasteiger partial charge is 0.489 e. The van der Waals surface area contributed by atoms with Crippen LogP contribution in [0.4, 0.5) is 17.3 Å². The molecule has 0 atom stereocenters. The maximum atomic E-state index is 12.7. The number of aromatic nitrogens is 3. The average molecular weight is 481 g/mol. The van der Waals surface area contributed by atoms with Gasteiger partial charge in [0.05, 0.1) is 16.7 Å². The molecule has 1 saturated carbocycles. The first kappa shape index (κ1) is 22.7. The van der Waals surface area contributed by atoms with Crippen LogP contribution in [0.2, 0.25) is 5.02 Å². The molecule has 3 heterocycles. The van der Waals surface area contributed by atoms with Crippen LogP contribution >= 0.6 is 11.6 Å². The van der Waals surface area contributed by atoms with Crippen molar-refractivity contribution in [1.82, 2.24) is 19.9 Å². The number of fused-ring (bicyclic) bond motifs is 1. The van der Waals surface area contributed by atoms with E-state index < -0.39 is 0 Å². The summed E-state index contributed by atoms with van der Waals surface area (Å²) in [5.41, 5.74) is 1.55. The molecule has 1 aromatic carbocycles. The minimum absolute atomic E-state index is 0.0576. The number of likely N-dealkylation sites (tertiary alicyclic amines) is 1. The van der Waals surface area contributed by atoms with E-state index in [4.69, 9.17) is 16.3 Å². The van der Waals surface area contributed by atoms with Gasteiger partial charge in [-0.25, -0.2) is 15.0 Å². The molecular weight excluding hydrogens is 452 g/mol. The summed E-state index contributed by atoms with van der Waals surface area (Å²) in [5, 5.41) is 7.75. The highest BCUT2D eigenvalue weighted by atomic mass is 35.5. The number of benzene rings is 1. The summed E-state index contributed by atoms with van der Waals surface area (Å²) in [4.78, 5) is 27.7. The first-order valence-corrected chi connectivity index (χ1v) is 12.3. The summed E-state index contributed by atoms with van der Waals surface area (Å²) in [6, 6.07) is 7.54. The number of rotatable bonds is 6. The first-order chi connectivity index (χ1) is 16.6. The van der Waals surface area contributed by atoms with Crippen molar-refractivity contribution in [3.05, 3.63) is 41.8 Å². The van der Waals surface area contributed by atoms with Crippen LogP contribution in [0, 0.1) is 5.92 Å². The van der Waals surface area contributed by atoms with Crippen molar-refractivity contribution in [2.75, 3.05) is 30.8 Å². The Hall–Kier alpha value is -3.13. The highest BCUT2D eigenvalue weighted by molar-refractivity contribution is 6.32. The van der Waals surface area contributed by atoms with Gasteiger partial charge in [-0.1, -0.05) is 24.4 Å². The van der Waals surface area contributed by atoms with E-state index in [1.807, 2.05) is 36.2 Å². The Balaban J connectivity index is 1.22. The quantitative estimate of drug-likeness (QED) is 0.511. The highest BCUT2D eigenvalue weighted by Gasteiger charge is 2.30. The molecule has 1 aliphatic heterocycles. The summed E-state index contributed by atoms with van der Waals surface area (Å²) in [5.74, 6) is 2.64. The van der Waals surface area contributed by atoms with Crippen molar-refractivity contribution < 1.29 is 9.53 Å². The molecule has 2 aliphatic rings. The molecule has 2 N–H and O–H groups in total. The van der Waals surface area contributed by atoms with Crippen LogP contribution in [0.3, 0.4) is 0 Å². The number of pyridine rings is 1. The molecule has 34 heavy (non-hydrogen) atoms. The number of amides is 1. The average Bonchev–Trinajstić information content (AvgIpc) is 3.41. The number of ether oxygens (including phenoxy) is 1. The molecule has 0 spiro atoms. The number of halogens is 1. The zero-order valence-corrected chi connectivity index (χ0v) is 20.0. The lowest BCUT2D eigenvalue weighted by Crippen LogP contribution is -2.44. The maximum Gasteiger partial charge on any atom is 0.225 e. The molecule has 1 amide bonds. The van der Waals surface area contributed by atoms with Gasteiger partial charge in [0.25, 0.3) is 0 Å². The molecule has 9 heteroatoms. The summed E-state index contributed by atoms with van der Waals surface area (Å²) in [6.07, 6.45) is 9.38. The van der Waals surface area contributed by atoms with Crippen molar-refractivity contribution >= 4 is 45.7 Å². The normalized spacial score (nSPS) is 17.2. The van der Waals surface area contributed by atoms with E-state index in [1.165, 1.54) is 19.2 Å². The summed E-state index contributed by atoms with van der Waals surface area (Å²) in [6.45, 7) is 1.50. The number of carbonyl (C=O) groups is 1. The second kappa shape index (κ2) is 10.0. The van der Waals surface area contributed by atoms with Gasteiger partial charge in [-0.2, -0.15) is 0 Å². The molecule has 0 radical (unpaired) electrons. The minimum Gasteiger partial charge on any atom is -0.489 e. The van der Waals surface area contributed by atoms with E-state index in [0.29, 0.717) is 22.5 Å².